The molecule has 12 heavy (non-hydrogen) atoms. The highest BCUT2D eigenvalue weighted by Crippen LogP contribution is 2.16. The number of carbonyl (C=O) groups excluding carboxylic acids is 1. The molecule has 4 nitrogen and oxygen atoms in total. The Bertz CT molecular complexity index is 200. The Morgan fingerprint density at radius 1 is 1.42 bits per heavy atom. The van der Waals surface area contributed by atoms with Gasteiger partial charge in [-0.05, 0) is 12.8 Å². The second-order valence-electron chi connectivity index (χ2n) is 3.34. The smallest absolute Gasteiger partial charge is 0.329 e. The zero-order valence-electron chi connectivity index (χ0n) is 7.84. The highest BCUT2D eigenvalue weighted by Gasteiger charge is 2.37. The van der Waals surface area contributed by atoms with Crippen molar-refractivity contribution in [1.29, 1.82) is 0 Å². The first-order valence-corrected chi connectivity index (χ1v) is 3.83. The third kappa shape index (κ3) is 2.22. The molecule has 2 N–H and O–H groups in total. The van der Waals surface area contributed by atoms with Crippen LogP contribution in [0.2, 0.25) is 0 Å². The van der Waals surface area contributed by atoms with Gasteiger partial charge in [-0.3, -0.25) is 4.79 Å². The standard InChI is InChI=1S/C8H15NO3/c1-5(2)8(4,7(11)12)9-6(3)10/h5H,1-4H3,(H,9,10)(H,11,12)/t8-/m0/s1. The summed E-state index contributed by atoms with van der Waals surface area (Å²) >= 11 is 0. The van der Waals surface area contributed by atoms with Crippen LogP contribution in [0.4, 0.5) is 0 Å². The maximum absolute atomic E-state index is 10.8. The van der Waals surface area contributed by atoms with E-state index in [0.29, 0.717) is 0 Å². The lowest BCUT2D eigenvalue weighted by Crippen LogP contribution is -2.55. The number of carboxylic acids is 1. The van der Waals surface area contributed by atoms with Gasteiger partial charge in [0.1, 0.15) is 5.54 Å². The van der Waals surface area contributed by atoms with E-state index < -0.39 is 11.5 Å². The fourth-order valence-corrected chi connectivity index (χ4v) is 0.810. The van der Waals surface area contributed by atoms with Crippen molar-refractivity contribution in [3.05, 3.63) is 0 Å². The van der Waals surface area contributed by atoms with E-state index in [2.05, 4.69) is 5.32 Å². The number of rotatable bonds is 3. The first-order chi connectivity index (χ1) is 5.30. The van der Waals surface area contributed by atoms with E-state index in [-0.39, 0.29) is 11.8 Å². The molecule has 70 valence electrons. The number of hydrogen-bond acceptors (Lipinski definition) is 2. The second kappa shape index (κ2) is 3.56. The molecule has 0 aromatic heterocycles. The van der Waals surface area contributed by atoms with Crippen LogP contribution in [0.25, 0.3) is 0 Å². The monoisotopic (exact) mass is 173 g/mol. The van der Waals surface area contributed by atoms with Crippen molar-refractivity contribution in [3.8, 4) is 0 Å². The van der Waals surface area contributed by atoms with Gasteiger partial charge in [-0.15, -0.1) is 0 Å². The van der Waals surface area contributed by atoms with Crippen molar-refractivity contribution in [2.75, 3.05) is 0 Å². The Morgan fingerprint density at radius 3 is 1.92 bits per heavy atom. The topological polar surface area (TPSA) is 66.4 Å². The molecule has 1 atom stereocenters. The molecular formula is C8H15NO3. The zero-order chi connectivity index (χ0) is 9.94. The van der Waals surface area contributed by atoms with Gasteiger partial charge in [0.05, 0.1) is 0 Å². The minimum Gasteiger partial charge on any atom is -0.480 e. The van der Waals surface area contributed by atoms with E-state index in [4.69, 9.17) is 5.11 Å². The fourth-order valence-electron chi connectivity index (χ4n) is 0.810. The third-order valence-electron chi connectivity index (χ3n) is 2.03. The third-order valence-corrected chi connectivity index (χ3v) is 2.03. The number of nitrogens with one attached hydrogen (secondary N) is 1. The minimum absolute atomic E-state index is 0.140. The van der Waals surface area contributed by atoms with Crippen molar-refractivity contribution in [2.24, 2.45) is 5.92 Å². The number of carboxylic acid groups (broad SMARTS) is 1. The Kier molecular flexibility index (Phi) is 3.24. The van der Waals surface area contributed by atoms with Gasteiger partial charge in [0, 0.05) is 6.92 Å². The van der Waals surface area contributed by atoms with Gasteiger partial charge in [0.2, 0.25) is 5.91 Å². The normalized spacial score (nSPS) is 15.4. The van der Waals surface area contributed by atoms with Crippen molar-refractivity contribution in [3.63, 3.8) is 0 Å². The van der Waals surface area contributed by atoms with Crippen LogP contribution in [0.5, 0.6) is 0 Å². The molecule has 0 bridgehead atoms. The summed E-state index contributed by atoms with van der Waals surface area (Å²) in [5.74, 6) is -1.47. The molecule has 1 amide bonds. The first-order valence-electron chi connectivity index (χ1n) is 3.83. The molecule has 0 aromatic carbocycles. The van der Waals surface area contributed by atoms with E-state index >= 15 is 0 Å². The summed E-state index contributed by atoms with van der Waals surface area (Å²) in [5.41, 5.74) is -1.16. The van der Waals surface area contributed by atoms with E-state index in [1.807, 2.05) is 0 Å². The molecule has 0 aliphatic heterocycles. The summed E-state index contributed by atoms with van der Waals surface area (Å²) in [6.45, 7) is 6.32. The molecule has 0 saturated carbocycles. The van der Waals surface area contributed by atoms with Gasteiger partial charge in [0.25, 0.3) is 0 Å². The second-order valence-corrected chi connectivity index (χ2v) is 3.34. The predicted octanol–water partition coefficient (Wildman–Crippen LogP) is 0.622. The van der Waals surface area contributed by atoms with Crippen LogP contribution in [-0.4, -0.2) is 22.5 Å². The number of hydrogen-bond donors (Lipinski definition) is 2. The van der Waals surface area contributed by atoms with Crippen molar-refractivity contribution >= 4 is 11.9 Å². The lowest BCUT2D eigenvalue weighted by Gasteiger charge is -2.29. The first kappa shape index (κ1) is 10.9. The summed E-state index contributed by atoms with van der Waals surface area (Å²) in [6.07, 6.45) is 0. The SMILES string of the molecule is CC(=O)N[C@](C)(C(=O)O)C(C)C. The predicted molar refractivity (Wildman–Crippen MR) is 44.7 cm³/mol. The van der Waals surface area contributed by atoms with Gasteiger partial charge in [-0.2, -0.15) is 0 Å². The summed E-state index contributed by atoms with van der Waals surface area (Å²) in [6, 6.07) is 0. The summed E-state index contributed by atoms with van der Waals surface area (Å²) in [4.78, 5) is 21.5. The highest BCUT2D eigenvalue weighted by molar-refractivity contribution is 5.85. The van der Waals surface area contributed by atoms with Gasteiger partial charge in [0.15, 0.2) is 0 Å². The molecule has 0 heterocycles. The lowest BCUT2D eigenvalue weighted by molar-refractivity contribution is -0.148. The highest BCUT2D eigenvalue weighted by atomic mass is 16.4. The summed E-state index contributed by atoms with van der Waals surface area (Å²) in [5, 5.41) is 11.3. The molecule has 0 rings (SSSR count). The van der Waals surface area contributed by atoms with E-state index in [9.17, 15) is 9.59 Å². The van der Waals surface area contributed by atoms with Crippen molar-refractivity contribution in [1.82, 2.24) is 5.32 Å². The fraction of sp³-hybridized carbons (Fsp3) is 0.750. The maximum atomic E-state index is 10.8. The molecule has 0 fully saturated rings. The number of aliphatic carboxylic acids is 1. The largest absolute Gasteiger partial charge is 0.480 e. The quantitative estimate of drug-likeness (QED) is 0.657. The Balaban J connectivity index is 4.62. The van der Waals surface area contributed by atoms with Crippen LogP contribution < -0.4 is 5.32 Å². The molecule has 4 heteroatoms. The molecule has 0 aliphatic carbocycles. The minimum atomic E-state index is -1.16. The van der Waals surface area contributed by atoms with Crippen LogP contribution in [0.15, 0.2) is 0 Å². The molecule has 0 saturated heterocycles. The summed E-state index contributed by atoms with van der Waals surface area (Å²) < 4.78 is 0. The molecule has 0 radical (unpaired) electrons. The average molecular weight is 173 g/mol. The van der Waals surface area contributed by atoms with Gasteiger partial charge in [-0.25, -0.2) is 4.79 Å². The van der Waals surface area contributed by atoms with Crippen molar-refractivity contribution < 1.29 is 14.7 Å². The van der Waals surface area contributed by atoms with Crippen molar-refractivity contribution in [2.45, 2.75) is 33.2 Å². The Hall–Kier alpha value is -1.06. The van der Waals surface area contributed by atoms with Crippen LogP contribution in [0.1, 0.15) is 27.7 Å². The van der Waals surface area contributed by atoms with Crippen LogP contribution >= 0.6 is 0 Å². The number of amides is 1. The average Bonchev–Trinajstić information content (AvgIpc) is 1.84. The Morgan fingerprint density at radius 2 is 1.83 bits per heavy atom. The van der Waals surface area contributed by atoms with E-state index in [0.717, 1.165) is 0 Å². The van der Waals surface area contributed by atoms with Gasteiger partial charge >= 0.3 is 5.97 Å². The molecule has 0 unspecified atom stereocenters. The van der Waals surface area contributed by atoms with Crippen LogP contribution in [-0.2, 0) is 9.59 Å². The molecule has 0 aliphatic rings. The molecule has 0 spiro atoms. The Labute approximate surface area is 72.0 Å². The van der Waals surface area contributed by atoms with E-state index in [1.54, 1.807) is 13.8 Å². The molecular weight excluding hydrogens is 158 g/mol. The zero-order valence-corrected chi connectivity index (χ0v) is 7.84. The van der Waals surface area contributed by atoms with E-state index in [1.165, 1.54) is 13.8 Å². The maximum Gasteiger partial charge on any atom is 0.329 e. The van der Waals surface area contributed by atoms with Gasteiger partial charge in [-0.1, -0.05) is 13.8 Å². The van der Waals surface area contributed by atoms with Gasteiger partial charge < -0.3 is 10.4 Å². The summed E-state index contributed by atoms with van der Waals surface area (Å²) in [7, 11) is 0. The van der Waals surface area contributed by atoms with Crippen LogP contribution in [0.3, 0.4) is 0 Å². The lowest BCUT2D eigenvalue weighted by atomic mass is 9.88. The number of carbonyl (C=O) groups is 2. The molecule has 0 aromatic rings. The van der Waals surface area contributed by atoms with Crippen LogP contribution in [0, 0.1) is 5.92 Å².